The predicted molar refractivity (Wildman–Crippen MR) is 117 cm³/mol. The molecule has 0 radical (unpaired) electrons. The van der Waals surface area contributed by atoms with Crippen LogP contribution in [0.1, 0.15) is 33.3 Å². The Hall–Kier alpha value is -3.38. The summed E-state index contributed by atoms with van der Waals surface area (Å²) in [4.78, 5) is 29.0. The van der Waals surface area contributed by atoms with Crippen molar-refractivity contribution in [1.82, 2.24) is 29.0 Å². The molecule has 14 heteroatoms. The average Bonchev–Trinajstić information content (AvgIpc) is 3.37. The van der Waals surface area contributed by atoms with E-state index in [1.165, 1.54) is 33.8 Å². The van der Waals surface area contributed by atoms with E-state index in [9.17, 15) is 27.2 Å². The van der Waals surface area contributed by atoms with E-state index in [0.717, 1.165) is 10.6 Å². The van der Waals surface area contributed by atoms with Gasteiger partial charge in [-0.25, -0.2) is 4.39 Å². The van der Waals surface area contributed by atoms with Crippen molar-refractivity contribution in [1.29, 1.82) is 0 Å². The van der Waals surface area contributed by atoms with Gasteiger partial charge in [0.15, 0.2) is 5.82 Å². The van der Waals surface area contributed by atoms with Gasteiger partial charge in [-0.1, -0.05) is 29.3 Å². The molecule has 1 aromatic carbocycles. The number of carbonyl (C=O) groups is 1. The van der Waals surface area contributed by atoms with Gasteiger partial charge in [0.25, 0.3) is 11.5 Å². The third-order valence-corrected chi connectivity index (χ3v) is 6.50. The van der Waals surface area contributed by atoms with Gasteiger partial charge in [0, 0.05) is 37.6 Å². The molecule has 0 aliphatic carbocycles. The van der Waals surface area contributed by atoms with Gasteiger partial charge in [-0.05, 0) is 17.7 Å². The molecule has 0 unspecified atom stereocenters. The standard InChI is InChI=1S/C21H14Cl2F4N6O2/c22-13-8-33-11(7-28-18(34)17(33)16(13)23)5-10-1-2-14(24)12(6-10)19(35)31-3-4-32-15(9-31)29-30-20(32)21(25,26)27/h1-2,6-8H,3-5,9H2,(H,28,34). The molecule has 35 heavy (non-hydrogen) atoms. The fourth-order valence-electron chi connectivity index (χ4n) is 4.08. The number of aromatic amines is 1. The molecule has 0 atom stereocenters. The molecule has 4 heterocycles. The van der Waals surface area contributed by atoms with Crippen LogP contribution in [0.5, 0.6) is 0 Å². The van der Waals surface area contributed by atoms with Crippen molar-refractivity contribution in [3.8, 4) is 0 Å². The predicted octanol–water partition coefficient (Wildman–Crippen LogP) is 3.93. The number of hydrogen-bond donors (Lipinski definition) is 1. The number of fused-ring (bicyclic) bond motifs is 2. The number of benzene rings is 1. The van der Waals surface area contributed by atoms with E-state index in [2.05, 4.69) is 15.2 Å². The Labute approximate surface area is 203 Å². The average molecular weight is 529 g/mol. The lowest BCUT2D eigenvalue weighted by Crippen LogP contribution is -2.39. The Morgan fingerprint density at radius 2 is 1.94 bits per heavy atom. The van der Waals surface area contributed by atoms with Crippen LogP contribution in [0.2, 0.25) is 10.0 Å². The second-order valence-electron chi connectivity index (χ2n) is 7.93. The number of carbonyl (C=O) groups excluding carboxylic acids is 1. The molecule has 1 amide bonds. The minimum atomic E-state index is -4.67. The number of rotatable bonds is 3. The summed E-state index contributed by atoms with van der Waals surface area (Å²) in [6.07, 6.45) is -1.53. The summed E-state index contributed by atoms with van der Waals surface area (Å²) in [6, 6.07) is 3.98. The maximum atomic E-state index is 14.6. The van der Waals surface area contributed by atoms with Crippen LogP contribution in [-0.4, -0.2) is 41.5 Å². The third-order valence-electron chi connectivity index (χ3n) is 5.74. The van der Waals surface area contributed by atoms with Crippen molar-refractivity contribution < 1.29 is 22.4 Å². The summed E-state index contributed by atoms with van der Waals surface area (Å²) in [7, 11) is 0. The van der Waals surface area contributed by atoms with Gasteiger partial charge in [0.2, 0.25) is 5.82 Å². The molecule has 1 aliphatic heterocycles. The number of halogens is 6. The lowest BCUT2D eigenvalue weighted by molar-refractivity contribution is -0.147. The summed E-state index contributed by atoms with van der Waals surface area (Å²) in [5.74, 6) is -2.64. The molecule has 5 rings (SSSR count). The molecule has 8 nitrogen and oxygen atoms in total. The first-order chi connectivity index (χ1) is 16.5. The Bertz CT molecular complexity index is 1540. The number of amides is 1. The Morgan fingerprint density at radius 3 is 2.69 bits per heavy atom. The van der Waals surface area contributed by atoms with Gasteiger partial charge in [-0.15, -0.1) is 10.2 Å². The van der Waals surface area contributed by atoms with Crippen LogP contribution in [0.15, 0.2) is 35.4 Å². The first kappa shape index (κ1) is 23.4. The smallest absolute Gasteiger partial charge is 0.329 e. The van der Waals surface area contributed by atoms with Crippen LogP contribution < -0.4 is 5.56 Å². The lowest BCUT2D eigenvalue weighted by Gasteiger charge is -2.28. The fraction of sp³-hybridized carbons (Fsp3) is 0.238. The molecule has 0 fully saturated rings. The number of nitrogens with one attached hydrogen (secondary N) is 1. The summed E-state index contributed by atoms with van der Waals surface area (Å²) < 4.78 is 56.2. The molecule has 0 saturated carbocycles. The van der Waals surface area contributed by atoms with Gasteiger partial charge < -0.3 is 18.9 Å². The Balaban J connectivity index is 1.43. The molecule has 0 spiro atoms. The van der Waals surface area contributed by atoms with Crippen LogP contribution in [0, 0.1) is 5.82 Å². The van der Waals surface area contributed by atoms with Gasteiger partial charge >= 0.3 is 6.18 Å². The molecule has 0 bridgehead atoms. The molecule has 1 N–H and O–H groups in total. The van der Waals surface area contributed by atoms with Crippen LogP contribution in [0.4, 0.5) is 17.6 Å². The number of alkyl halides is 3. The molecule has 182 valence electrons. The zero-order chi connectivity index (χ0) is 25.1. The zero-order valence-corrected chi connectivity index (χ0v) is 19.0. The number of nitrogens with zero attached hydrogens (tertiary/aromatic N) is 5. The Kier molecular flexibility index (Phi) is 5.59. The van der Waals surface area contributed by atoms with Crippen molar-refractivity contribution in [2.75, 3.05) is 6.54 Å². The SMILES string of the molecule is O=C(c1cc(Cc2c[nH]c(=O)c3c(Cl)c(Cl)cn23)ccc1F)N1CCn2c(nnc2C(F)(F)F)C1. The highest BCUT2D eigenvalue weighted by Crippen LogP contribution is 2.30. The van der Waals surface area contributed by atoms with E-state index in [1.54, 1.807) is 0 Å². The van der Waals surface area contributed by atoms with E-state index in [0.29, 0.717) is 11.3 Å². The molecular weight excluding hydrogens is 515 g/mol. The topological polar surface area (TPSA) is 88.3 Å². The van der Waals surface area contributed by atoms with Gasteiger partial charge in [0.05, 0.1) is 22.2 Å². The monoisotopic (exact) mass is 528 g/mol. The van der Waals surface area contributed by atoms with E-state index in [-0.39, 0.29) is 53.0 Å². The first-order valence-electron chi connectivity index (χ1n) is 10.2. The normalized spacial score (nSPS) is 13.9. The maximum Gasteiger partial charge on any atom is 0.451 e. The van der Waals surface area contributed by atoms with E-state index in [4.69, 9.17) is 23.2 Å². The van der Waals surface area contributed by atoms with Crippen molar-refractivity contribution in [2.24, 2.45) is 0 Å². The van der Waals surface area contributed by atoms with Crippen LogP contribution in [-0.2, 0) is 25.7 Å². The molecule has 1 aliphatic rings. The minimum absolute atomic E-state index is 0.0366. The highest BCUT2D eigenvalue weighted by Gasteiger charge is 2.40. The quantitative estimate of drug-likeness (QED) is 0.408. The van der Waals surface area contributed by atoms with E-state index in [1.807, 2.05) is 0 Å². The second-order valence-corrected chi connectivity index (χ2v) is 8.71. The van der Waals surface area contributed by atoms with Crippen molar-refractivity contribution in [3.05, 3.63) is 85.3 Å². The van der Waals surface area contributed by atoms with Crippen LogP contribution in [0.25, 0.3) is 5.52 Å². The zero-order valence-electron chi connectivity index (χ0n) is 17.5. The fourth-order valence-corrected chi connectivity index (χ4v) is 4.49. The van der Waals surface area contributed by atoms with Gasteiger partial charge in [-0.3, -0.25) is 9.59 Å². The molecule has 3 aromatic heterocycles. The number of hydrogen-bond acceptors (Lipinski definition) is 4. The minimum Gasteiger partial charge on any atom is -0.329 e. The number of H-pyrrole nitrogens is 1. The summed E-state index contributed by atoms with van der Waals surface area (Å²) >= 11 is 12.2. The van der Waals surface area contributed by atoms with Crippen LogP contribution in [0.3, 0.4) is 0 Å². The molecule has 4 aromatic rings. The largest absolute Gasteiger partial charge is 0.451 e. The van der Waals surface area contributed by atoms with E-state index >= 15 is 0 Å². The molecular formula is C21H14Cl2F4N6O2. The van der Waals surface area contributed by atoms with Gasteiger partial charge in [-0.2, -0.15) is 13.2 Å². The highest BCUT2D eigenvalue weighted by atomic mass is 35.5. The highest BCUT2D eigenvalue weighted by molar-refractivity contribution is 6.44. The summed E-state index contributed by atoms with van der Waals surface area (Å²) in [6.45, 7) is -0.487. The number of aromatic nitrogens is 5. The Morgan fingerprint density at radius 1 is 1.17 bits per heavy atom. The molecule has 0 saturated heterocycles. The maximum absolute atomic E-state index is 14.6. The van der Waals surface area contributed by atoms with Gasteiger partial charge in [0.1, 0.15) is 11.3 Å². The van der Waals surface area contributed by atoms with Crippen LogP contribution >= 0.6 is 23.2 Å². The van der Waals surface area contributed by atoms with Crippen molar-refractivity contribution >= 4 is 34.6 Å². The summed E-state index contributed by atoms with van der Waals surface area (Å²) in [5.41, 5.74) is 0.596. The second kappa shape index (κ2) is 8.38. The van der Waals surface area contributed by atoms with Crippen molar-refractivity contribution in [2.45, 2.75) is 25.7 Å². The third kappa shape index (κ3) is 4.06. The lowest BCUT2D eigenvalue weighted by atomic mass is 10.0. The van der Waals surface area contributed by atoms with Crippen molar-refractivity contribution in [3.63, 3.8) is 0 Å². The van der Waals surface area contributed by atoms with E-state index < -0.39 is 29.3 Å². The first-order valence-corrected chi connectivity index (χ1v) is 10.9. The summed E-state index contributed by atoms with van der Waals surface area (Å²) in [5, 5.41) is 7.01.